The molecule has 1 aliphatic carbocycles. The molecule has 0 unspecified atom stereocenters. The fraction of sp³-hybridized carbons (Fsp3) is 0.444. The topological polar surface area (TPSA) is 41.5 Å². The van der Waals surface area contributed by atoms with Crippen molar-refractivity contribution in [1.82, 2.24) is 5.32 Å². The summed E-state index contributed by atoms with van der Waals surface area (Å²) in [4.78, 5) is 0. The number of methoxy groups -OCH3 is 1. The van der Waals surface area contributed by atoms with Crippen LogP contribution in [0.3, 0.4) is 0 Å². The van der Waals surface area contributed by atoms with E-state index in [9.17, 15) is 0 Å². The van der Waals surface area contributed by atoms with E-state index in [4.69, 9.17) is 9.84 Å². The molecule has 0 saturated heterocycles. The Hall–Kier alpha value is -1.58. The molecule has 0 heterocycles. The summed E-state index contributed by atoms with van der Waals surface area (Å²) >= 11 is 0. The molecule has 2 aromatic carbocycles. The van der Waals surface area contributed by atoms with E-state index in [0.717, 1.165) is 25.3 Å². The van der Waals surface area contributed by atoms with Crippen molar-refractivity contribution >= 4 is 10.8 Å². The lowest BCUT2D eigenvalue weighted by Crippen LogP contribution is -2.24. The third-order valence-corrected chi connectivity index (χ3v) is 4.62. The van der Waals surface area contributed by atoms with E-state index in [1.54, 1.807) is 7.11 Å². The second-order valence-corrected chi connectivity index (χ2v) is 6.04. The summed E-state index contributed by atoms with van der Waals surface area (Å²) in [6.45, 7) is 2.07. The molecular weight excluding hydrogens is 262 g/mol. The van der Waals surface area contributed by atoms with Gasteiger partial charge in [0.15, 0.2) is 0 Å². The van der Waals surface area contributed by atoms with Crippen LogP contribution in [0.2, 0.25) is 0 Å². The zero-order valence-corrected chi connectivity index (χ0v) is 12.6. The first kappa shape index (κ1) is 14.4. The predicted octanol–water partition coefficient (Wildman–Crippen LogP) is 3.10. The first-order chi connectivity index (χ1) is 10.3. The maximum atomic E-state index is 9.13. The average Bonchev–Trinajstić information content (AvgIpc) is 3.27. The van der Waals surface area contributed by atoms with Gasteiger partial charge in [0.1, 0.15) is 5.75 Å². The Morgan fingerprint density at radius 3 is 2.71 bits per heavy atom. The fourth-order valence-electron chi connectivity index (χ4n) is 3.07. The van der Waals surface area contributed by atoms with Crippen LogP contribution in [0.4, 0.5) is 0 Å². The monoisotopic (exact) mass is 285 g/mol. The highest BCUT2D eigenvalue weighted by molar-refractivity contribution is 5.87. The van der Waals surface area contributed by atoms with Crippen LogP contribution in [0, 0.1) is 5.41 Å². The Bertz CT molecular complexity index is 620. The molecule has 0 radical (unpaired) electrons. The standard InChI is InChI=1S/C18H23NO2/c1-21-17-7-6-14-4-2-3-5-15(14)16(17)12-19-13-18(8-9-18)10-11-20/h2-7,19-20H,8-13H2,1H3. The van der Waals surface area contributed by atoms with Gasteiger partial charge in [0, 0.05) is 25.3 Å². The molecule has 2 N–H and O–H groups in total. The van der Waals surface area contributed by atoms with Crippen molar-refractivity contribution in [2.45, 2.75) is 25.8 Å². The molecule has 0 aromatic heterocycles. The minimum Gasteiger partial charge on any atom is -0.496 e. The molecule has 0 spiro atoms. The van der Waals surface area contributed by atoms with Crippen LogP contribution in [0.1, 0.15) is 24.8 Å². The molecule has 1 fully saturated rings. The number of aliphatic hydroxyl groups excluding tert-OH is 1. The molecule has 21 heavy (non-hydrogen) atoms. The van der Waals surface area contributed by atoms with Crippen molar-refractivity contribution in [1.29, 1.82) is 0 Å². The predicted molar refractivity (Wildman–Crippen MR) is 85.6 cm³/mol. The van der Waals surface area contributed by atoms with Crippen LogP contribution in [0.25, 0.3) is 10.8 Å². The van der Waals surface area contributed by atoms with Crippen LogP contribution >= 0.6 is 0 Å². The summed E-state index contributed by atoms with van der Waals surface area (Å²) in [6.07, 6.45) is 3.37. The van der Waals surface area contributed by atoms with Gasteiger partial charge in [-0.15, -0.1) is 0 Å². The van der Waals surface area contributed by atoms with Gasteiger partial charge in [-0.05, 0) is 41.5 Å². The molecule has 0 amide bonds. The molecule has 0 bridgehead atoms. The average molecular weight is 285 g/mol. The second-order valence-electron chi connectivity index (χ2n) is 6.04. The molecule has 112 valence electrons. The summed E-state index contributed by atoms with van der Waals surface area (Å²) in [5.74, 6) is 0.938. The summed E-state index contributed by atoms with van der Waals surface area (Å²) in [6, 6.07) is 12.6. The lowest BCUT2D eigenvalue weighted by atomic mass is 10.0. The molecule has 3 nitrogen and oxygen atoms in total. The smallest absolute Gasteiger partial charge is 0.123 e. The van der Waals surface area contributed by atoms with Crippen LogP contribution in [-0.2, 0) is 6.54 Å². The Labute approximate surface area is 125 Å². The van der Waals surface area contributed by atoms with E-state index >= 15 is 0 Å². The van der Waals surface area contributed by atoms with Gasteiger partial charge in [-0.1, -0.05) is 30.3 Å². The van der Waals surface area contributed by atoms with Crippen molar-refractivity contribution in [3.05, 3.63) is 42.0 Å². The molecule has 1 saturated carbocycles. The molecule has 3 rings (SSSR count). The van der Waals surface area contributed by atoms with Crippen molar-refractivity contribution in [3.8, 4) is 5.75 Å². The van der Waals surface area contributed by atoms with Gasteiger partial charge in [-0.2, -0.15) is 0 Å². The number of hydrogen-bond acceptors (Lipinski definition) is 3. The molecule has 3 heteroatoms. The van der Waals surface area contributed by atoms with Crippen molar-refractivity contribution in [2.24, 2.45) is 5.41 Å². The fourth-order valence-corrected chi connectivity index (χ4v) is 3.07. The van der Waals surface area contributed by atoms with Gasteiger partial charge in [0.2, 0.25) is 0 Å². The van der Waals surface area contributed by atoms with Crippen LogP contribution in [0.15, 0.2) is 36.4 Å². The van der Waals surface area contributed by atoms with E-state index in [2.05, 4.69) is 35.6 Å². The third-order valence-electron chi connectivity index (χ3n) is 4.62. The second kappa shape index (κ2) is 6.04. The van der Waals surface area contributed by atoms with Gasteiger partial charge in [-0.25, -0.2) is 0 Å². The normalized spacial score (nSPS) is 16.1. The Kier molecular flexibility index (Phi) is 4.13. The zero-order chi connectivity index (χ0) is 14.7. The van der Waals surface area contributed by atoms with E-state index in [-0.39, 0.29) is 0 Å². The number of benzene rings is 2. The lowest BCUT2D eigenvalue weighted by Gasteiger charge is -2.17. The number of aliphatic hydroxyl groups is 1. The van der Waals surface area contributed by atoms with E-state index in [1.807, 2.05) is 6.07 Å². The summed E-state index contributed by atoms with van der Waals surface area (Å²) in [5.41, 5.74) is 1.56. The largest absolute Gasteiger partial charge is 0.496 e. The first-order valence-corrected chi connectivity index (χ1v) is 7.64. The Morgan fingerprint density at radius 2 is 2.00 bits per heavy atom. The number of ether oxygens (including phenoxy) is 1. The van der Waals surface area contributed by atoms with Crippen molar-refractivity contribution in [2.75, 3.05) is 20.3 Å². The number of rotatable bonds is 7. The Morgan fingerprint density at radius 1 is 1.19 bits per heavy atom. The highest BCUT2D eigenvalue weighted by atomic mass is 16.5. The van der Waals surface area contributed by atoms with Gasteiger partial charge < -0.3 is 15.2 Å². The molecule has 1 aliphatic rings. The number of fused-ring (bicyclic) bond motifs is 1. The molecular formula is C18H23NO2. The zero-order valence-electron chi connectivity index (χ0n) is 12.6. The molecule has 0 aliphatic heterocycles. The highest BCUT2D eigenvalue weighted by Gasteiger charge is 2.41. The van der Waals surface area contributed by atoms with Gasteiger partial charge in [0.25, 0.3) is 0 Å². The SMILES string of the molecule is COc1ccc2ccccc2c1CNCC1(CCO)CC1. The highest BCUT2D eigenvalue weighted by Crippen LogP contribution is 2.48. The molecule has 0 atom stereocenters. The maximum Gasteiger partial charge on any atom is 0.123 e. The summed E-state index contributed by atoms with van der Waals surface area (Å²) in [7, 11) is 1.72. The van der Waals surface area contributed by atoms with E-state index in [1.165, 1.54) is 29.2 Å². The van der Waals surface area contributed by atoms with E-state index < -0.39 is 0 Å². The first-order valence-electron chi connectivity index (χ1n) is 7.64. The minimum atomic E-state index is 0.291. The quantitative estimate of drug-likeness (QED) is 0.821. The van der Waals surface area contributed by atoms with Crippen LogP contribution in [-0.4, -0.2) is 25.4 Å². The molecule has 2 aromatic rings. The summed E-state index contributed by atoms with van der Waals surface area (Å²) < 4.78 is 5.52. The lowest BCUT2D eigenvalue weighted by molar-refractivity contribution is 0.245. The minimum absolute atomic E-state index is 0.291. The Balaban J connectivity index is 1.76. The maximum absolute atomic E-state index is 9.13. The van der Waals surface area contributed by atoms with Gasteiger partial charge >= 0.3 is 0 Å². The summed E-state index contributed by atoms with van der Waals surface area (Å²) in [5, 5.41) is 15.2. The number of nitrogens with one attached hydrogen (secondary N) is 1. The van der Waals surface area contributed by atoms with Gasteiger partial charge in [0.05, 0.1) is 7.11 Å². The van der Waals surface area contributed by atoms with Crippen molar-refractivity contribution < 1.29 is 9.84 Å². The van der Waals surface area contributed by atoms with Crippen LogP contribution in [0.5, 0.6) is 5.75 Å². The van der Waals surface area contributed by atoms with E-state index in [0.29, 0.717) is 12.0 Å². The van der Waals surface area contributed by atoms with Crippen LogP contribution < -0.4 is 10.1 Å². The van der Waals surface area contributed by atoms with Gasteiger partial charge in [-0.3, -0.25) is 0 Å². The van der Waals surface area contributed by atoms with Crippen molar-refractivity contribution in [3.63, 3.8) is 0 Å². The third kappa shape index (κ3) is 3.04. The number of hydrogen-bond donors (Lipinski definition) is 2.